The molecule has 1 atom stereocenters. The Labute approximate surface area is 147 Å². The van der Waals surface area contributed by atoms with Gasteiger partial charge in [0.15, 0.2) is 0 Å². The summed E-state index contributed by atoms with van der Waals surface area (Å²) in [5.74, 6) is -0.436. The van der Waals surface area contributed by atoms with Gasteiger partial charge >= 0.3 is 0 Å². The van der Waals surface area contributed by atoms with Crippen LogP contribution in [0, 0.1) is 6.92 Å². The second-order valence-electron chi connectivity index (χ2n) is 5.47. The first kappa shape index (κ1) is 18.3. The van der Waals surface area contributed by atoms with Crippen molar-refractivity contribution in [2.24, 2.45) is 0 Å². The van der Waals surface area contributed by atoms with Gasteiger partial charge in [-0.1, -0.05) is 35.9 Å². The first-order chi connectivity index (χ1) is 11.2. The Morgan fingerprint density at radius 2 is 1.75 bits per heavy atom. The van der Waals surface area contributed by atoms with Gasteiger partial charge in [0.25, 0.3) is 0 Å². The molecule has 0 radical (unpaired) electrons. The van der Waals surface area contributed by atoms with Crippen molar-refractivity contribution in [3.63, 3.8) is 0 Å². The van der Waals surface area contributed by atoms with Gasteiger partial charge in [0.1, 0.15) is 6.04 Å². The molecule has 0 saturated carbocycles. The first-order valence-electron chi connectivity index (χ1n) is 7.32. The molecule has 0 spiro atoms. The lowest BCUT2D eigenvalue weighted by Crippen LogP contribution is -2.45. The van der Waals surface area contributed by atoms with E-state index >= 15 is 0 Å². The maximum Gasteiger partial charge on any atom is 0.248 e. The predicted molar refractivity (Wildman–Crippen MR) is 98.0 cm³/mol. The molecule has 128 valence electrons. The number of carbonyl (C=O) groups is 1. The van der Waals surface area contributed by atoms with E-state index in [-0.39, 0.29) is 0 Å². The fourth-order valence-corrected chi connectivity index (χ4v) is 3.71. The van der Waals surface area contributed by atoms with Gasteiger partial charge in [-0.3, -0.25) is 9.10 Å². The number of carbonyl (C=O) groups excluding carboxylic acids is 1. The average Bonchev–Trinajstić information content (AvgIpc) is 2.51. The average molecular weight is 367 g/mol. The van der Waals surface area contributed by atoms with Crippen LogP contribution in [0.3, 0.4) is 0 Å². The third-order valence-electron chi connectivity index (χ3n) is 3.62. The van der Waals surface area contributed by atoms with E-state index in [0.29, 0.717) is 16.4 Å². The lowest BCUT2D eigenvalue weighted by molar-refractivity contribution is -0.116. The number of sulfonamides is 1. The quantitative estimate of drug-likeness (QED) is 0.881. The summed E-state index contributed by atoms with van der Waals surface area (Å²) in [5, 5.41) is 3.27. The summed E-state index contributed by atoms with van der Waals surface area (Å²) in [7, 11) is -3.63. The van der Waals surface area contributed by atoms with Crippen molar-refractivity contribution in [1.29, 1.82) is 0 Å². The molecule has 5 nitrogen and oxygen atoms in total. The second kappa shape index (κ2) is 7.23. The van der Waals surface area contributed by atoms with Crippen molar-refractivity contribution in [2.45, 2.75) is 19.9 Å². The minimum Gasteiger partial charge on any atom is -0.324 e. The third kappa shape index (κ3) is 4.07. The van der Waals surface area contributed by atoms with Crippen molar-refractivity contribution in [2.75, 3.05) is 15.9 Å². The molecule has 1 N–H and O–H groups in total. The number of rotatable bonds is 5. The molecule has 2 aromatic rings. The van der Waals surface area contributed by atoms with Crippen molar-refractivity contribution < 1.29 is 13.2 Å². The number of halogens is 1. The fourth-order valence-electron chi connectivity index (χ4n) is 2.36. The minimum absolute atomic E-state index is 0.436. The molecule has 0 fully saturated rings. The molecule has 1 amide bonds. The highest BCUT2D eigenvalue weighted by Gasteiger charge is 2.29. The smallest absolute Gasteiger partial charge is 0.248 e. The SMILES string of the molecule is Cc1c(Cl)cccc1NC(=O)[C@H](C)N(c1ccccc1)S(C)(=O)=O. The van der Waals surface area contributed by atoms with Gasteiger partial charge in [-0.15, -0.1) is 0 Å². The number of para-hydroxylation sites is 1. The van der Waals surface area contributed by atoms with Crippen molar-refractivity contribution >= 4 is 38.9 Å². The number of amides is 1. The van der Waals surface area contributed by atoms with E-state index in [0.717, 1.165) is 16.1 Å². The molecular weight excluding hydrogens is 348 g/mol. The summed E-state index contributed by atoms with van der Waals surface area (Å²) in [6.07, 6.45) is 1.08. The Morgan fingerprint density at radius 1 is 1.12 bits per heavy atom. The number of nitrogens with one attached hydrogen (secondary N) is 1. The van der Waals surface area contributed by atoms with Crippen LogP contribution >= 0.6 is 11.6 Å². The highest BCUT2D eigenvalue weighted by Crippen LogP contribution is 2.25. The van der Waals surface area contributed by atoms with E-state index in [2.05, 4.69) is 5.32 Å². The van der Waals surface area contributed by atoms with E-state index in [9.17, 15) is 13.2 Å². The molecule has 24 heavy (non-hydrogen) atoms. The van der Waals surface area contributed by atoms with E-state index in [1.807, 2.05) is 0 Å². The molecule has 7 heteroatoms. The molecule has 0 unspecified atom stereocenters. The Morgan fingerprint density at radius 3 is 2.33 bits per heavy atom. The molecule has 0 bridgehead atoms. The fraction of sp³-hybridized carbons (Fsp3) is 0.235. The highest BCUT2D eigenvalue weighted by molar-refractivity contribution is 7.92. The van der Waals surface area contributed by atoms with Gasteiger partial charge in [0, 0.05) is 10.7 Å². The van der Waals surface area contributed by atoms with Crippen molar-refractivity contribution in [1.82, 2.24) is 0 Å². The maximum atomic E-state index is 12.6. The second-order valence-corrected chi connectivity index (χ2v) is 7.74. The summed E-state index contributed by atoms with van der Waals surface area (Å²) in [6.45, 7) is 3.33. The standard InChI is InChI=1S/C17H19ClN2O3S/c1-12-15(18)10-7-11-16(12)19-17(21)13(2)20(24(3,22)23)14-8-5-4-6-9-14/h4-11,13H,1-3H3,(H,19,21)/t13-/m0/s1. The van der Waals surface area contributed by atoms with Gasteiger partial charge in [0.05, 0.1) is 11.9 Å². The zero-order valence-corrected chi connectivity index (χ0v) is 15.2. The lowest BCUT2D eigenvalue weighted by atomic mass is 10.2. The summed E-state index contributed by atoms with van der Waals surface area (Å²) < 4.78 is 25.5. The maximum absolute atomic E-state index is 12.6. The molecule has 0 aliphatic rings. The number of anilines is 2. The summed E-state index contributed by atoms with van der Waals surface area (Å²) >= 11 is 6.05. The van der Waals surface area contributed by atoms with Crippen LogP contribution in [0.1, 0.15) is 12.5 Å². The molecule has 0 aromatic heterocycles. The number of hydrogen-bond acceptors (Lipinski definition) is 3. The normalized spacial score (nSPS) is 12.5. The Balaban J connectivity index is 2.31. The Bertz CT molecular complexity index is 838. The van der Waals surface area contributed by atoms with E-state index < -0.39 is 22.0 Å². The van der Waals surface area contributed by atoms with Crippen molar-refractivity contribution in [3.8, 4) is 0 Å². The van der Waals surface area contributed by atoms with Crippen LogP contribution in [0.4, 0.5) is 11.4 Å². The van der Waals surface area contributed by atoms with Crippen LogP contribution in [-0.4, -0.2) is 26.6 Å². The zero-order chi connectivity index (χ0) is 17.9. The molecule has 0 heterocycles. The first-order valence-corrected chi connectivity index (χ1v) is 9.55. The van der Waals surface area contributed by atoms with Crippen LogP contribution < -0.4 is 9.62 Å². The van der Waals surface area contributed by atoms with Gasteiger partial charge in [0.2, 0.25) is 15.9 Å². The van der Waals surface area contributed by atoms with Crippen LogP contribution in [0.5, 0.6) is 0 Å². The number of benzene rings is 2. The van der Waals surface area contributed by atoms with Gasteiger partial charge < -0.3 is 5.32 Å². The Kier molecular flexibility index (Phi) is 5.51. The molecule has 0 aliphatic carbocycles. The number of nitrogens with zero attached hydrogens (tertiary/aromatic N) is 1. The van der Waals surface area contributed by atoms with Crippen molar-refractivity contribution in [3.05, 3.63) is 59.1 Å². The van der Waals surface area contributed by atoms with Gasteiger partial charge in [-0.2, -0.15) is 0 Å². The van der Waals surface area contributed by atoms with Gasteiger partial charge in [-0.05, 0) is 43.7 Å². The molecule has 0 saturated heterocycles. The monoisotopic (exact) mass is 366 g/mol. The molecule has 2 aromatic carbocycles. The minimum atomic E-state index is -3.63. The van der Waals surface area contributed by atoms with Gasteiger partial charge in [-0.25, -0.2) is 8.42 Å². The lowest BCUT2D eigenvalue weighted by Gasteiger charge is -2.28. The zero-order valence-electron chi connectivity index (χ0n) is 13.7. The third-order valence-corrected chi connectivity index (χ3v) is 5.28. The van der Waals surface area contributed by atoms with Crippen LogP contribution in [0.15, 0.2) is 48.5 Å². The molecular formula is C17H19ClN2O3S. The summed E-state index contributed by atoms with van der Waals surface area (Å²) in [5.41, 5.74) is 1.72. The number of hydrogen-bond donors (Lipinski definition) is 1. The van der Waals surface area contributed by atoms with E-state index in [4.69, 9.17) is 11.6 Å². The largest absolute Gasteiger partial charge is 0.324 e. The topological polar surface area (TPSA) is 66.5 Å². The Hall–Kier alpha value is -2.05. The van der Waals surface area contributed by atoms with Crippen LogP contribution in [0.25, 0.3) is 0 Å². The van der Waals surface area contributed by atoms with E-state index in [1.165, 1.54) is 0 Å². The van der Waals surface area contributed by atoms with Crippen LogP contribution in [0.2, 0.25) is 5.02 Å². The summed E-state index contributed by atoms with van der Waals surface area (Å²) in [4.78, 5) is 12.6. The highest BCUT2D eigenvalue weighted by atomic mass is 35.5. The van der Waals surface area contributed by atoms with Crippen LogP contribution in [-0.2, 0) is 14.8 Å². The van der Waals surface area contributed by atoms with E-state index in [1.54, 1.807) is 62.4 Å². The molecule has 0 aliphatic heterocycles. The summed E-state index contributed by atoms with van der Waals surface area (Å²) in [6, 6.07) is 12.8. The molecule has 2 rings (SSSR count). The predicted octanol–water partition coefficient (Wildman–Crippen LogP) is 3.44.